The van der Waals surface area contributed by atoms with Crippen LogP contribution in [0.5, 0.6) is 5.75 Å². The molecule has 518 valence electrons. The minimum absolute atomic E-state index is 0.0207. The van der Waals surface area contributed by atoms with Crippen LogP contribution < -0.4 is 42.0 Å². The molecule has 0 radical (unpaired) electrons. The fourth-order valence-corrected chi connectivity index (χ4v) is 17.0. The molecule has 6 aromatic rings. The van der Waals surface area contributed by atoms with Crippen molar-refractivity contribution in [1.82, 2.24) is 40.2 Å². The second kappa shape index (κ2) is 28.7. The van der Waals surface area contributed by atoms with Gasteiger partial charge in [-0.2, -0.15) is 5.10 Å². The highest BCUT2D eigenvalue weighted by molar-refractivity contribution is 7.22. The summed E-state index contributed by atoms with van der Waals surface area (Å²) < 4.78 is 21.7. The molecule has 26 nitrogen and oxygen atoms in total. The van der Waals surface area contributed by atoms with Crippen molar-refractivity contribution < 1.29 is 62.5 Å². The van der Waals surface area contributed by atoms with Gasteiger partial charge >= 0.3 is 24.1 Å². The SMILES string of the molecule is Cc1c(-c2ccc(-c3ccc4c(c3)N(C(=O)Nc3nc5ccccc5s3)CCO4)nc2C(=O)O)cnn1CC12CC3(C)CC(C)(C1)CC(OCCN(C)C(=O)OCc1ccc(N(C(=O)[C@@H](NC(=O)CCCCCN4C(=O)C=CC4=O)C(C)C)[C@@H](CCCNC(N)=O)C(N)=O)cc1)(C3)C2. The third-order valence-corrected chi connectivity index (χ3v) is 20.4. The maximum atomic E-state index is 14.7. The van der Waals surface area contributed by atoms with Crippen LogP contribution in [0.25, 0.3) is 32.6 Å². The molecule has 4 fully saturated rings. The van der Waals surface area contributed by atoms with Crippen molar-refractivity contribution in [2.24, 2.45) is 33.6 Å². The molecule has 10 amide bonds. The summed E-state index contributed by atoms with van der Waals surface area (Å²) in [4.78, 5) is 132. The fraction of sp³-hybridized carbons (Fsp3) is 0.465. The Balaban J connectivity index is 0.711. The molecule has 4 saturated carbocycles. The van der Waals surface area contributed by atoms with Crippen molar-refractivity contribution in [3.05, 3.63) is 114 Å². The van der Waals surface area contributed by atoms with E-state index in [0.29, 0.717) is 76.0 Å². The van der Waals surface area contributed by atoms with Gasteiger partial charge in [-0.3, -0.25) is 48.7 Å². The smallest absolute Gasteiger partial charge is 0.409 e. The van der Waals surface area contributed by atoms with Gasteiger partial charge in [-0.25, -0.2) is 29.1 Å². The summed E-state index contributed by atoms with van der Waals surface area (Å²) in [5.74, 6) is -3.68. The van der Waals surface area contributed by atoms with Gasteiger partial charge in [-0.05, 0) is 153 Å². The second-order valence-electron chi connectivity index (χ2n) is 28.0. The summed E-state index contributed by atoms with van der Waals surface area (Å²) in [7, 11) is 1.65. The number of rotatable bonds is 28. The van der Waals surface area contributed by atoms with E-state index in [4.69, 9.17) is 35.8 Å². The molecule has 3 aromatic heterocycles. The van der Waals surface area contributed by atoms with Crippen molar-refractivity contribution in [3.8, 4) is 28.1 Å². The lowest BCUT2D eigenvalue weighted by Gasteiger charge is -2.69. The Bertz CT molecular complexity index is 4040. The van der Waals surface area contributed by atoms with Gasteiger partial charge in [-0.15, -0.1) is 0 Å². The lowest BCUT2D eigenvalue weighted by molar-refractivity contribution is -0.248. The van der Waals surface area contributed by atoms with Crippen LogP contribution in [-0.4, -0.2) is 152 Å². The number of benzene rings is 3. The number of hydrogen-bond acceptors (Lipinski definition) is 16. The van der Waals surface area contributed by atoms with Gasteiger partial charge in [-0.1, -0.05) is 69.7 Å². The summed E-state index contributed by atoms with van der Waals surface area (Å²) >= 11 is 1.38. The molecular formula is C71H85N13O13S. The summed E-state index contributed by atoms with van der Waals surface area (Å²) in [6.45, 7) is 12.1. The first-order valence-corrected chi connectivity index (χ1v) is 34.1. The highest BCUT2D eigenvalue weighted by Gasteiger charge is 2.66. The Morgan fingerprint density at radius 1 is 0.847 bits per heavy atom. The number of likely N-dealkylation sites (N-methyl/N-ethyl adjacent to an activating group) is 1. The Morgan fingerprint density at radius 3 is 2.28 bits per heavy atom. The van der Waals surface area contributed by atoms with Crippen LogP contribution >= 0.6 is 11.3 Å². The topological polar surface area (TPSA) is 346 Å². The van der Waals surface area contributed by atoms with E-state index >= 15 is 0 Å². The van der Waals surface area contributed by atoms with Crippen LogP contribution in [0.2, 0.25) is 0 Å². The first-order valence-electron chi connectivity index (χ1n) is 33.3. The number of aromatic nitrogens is 4. The first-order chi connectivity index (χ1) is 46.7. The minimum Gasteiger partial charge on any atom is -0.490 e. The molecule has 5 heterocycles. The van der Waals surface area contributed by atoms with Gasteiger partial charge in [0.25, 0.3) is 17.7 Å². The summed E-state index contributed by atoms with van der Waals surface area (Å²) in [6, 6.07) is 19.7. The predicted octanol–water partition coefficient (Wildman–Crippen LogP) is 9.33. The maximum absolute atomic E-state index is 14.7. The molecule has 6 aliphatic rings. The fourth-order valence-electron chi connectivity index (χ4n) is 16.2. The number of aromatic carboxylic acids is 1. The second-order valence-corrected chi connectivity index (χ2v) is 29.0. The summed E-state index contributed by atoms with van der Waals surface area (Å²) in [6.07, 6.45) is 10.9. The number of carbonyl (C=O) groups excluding carboxylic acids is 8. The van der Waals surface area contributed by atoms with Gasteiger partial charge in [0.2, 0.25) is 11.8 Å². The molecular weight excluding hydrogens is 1270 g/mol. The number of urea groups is 2. The number of carbonyl (C=O) groups is 9. The van der Waals surface area contributed by atoms with Crippen molar-refractivity contribution in [2.45, 2.75) is 143 Å². The molecule has 4 atom stereocenters. The molecule has 98 heavy (non-hydrogen) atoms. The van der Waals surface area contributed by atoms with E-state index in [1.165, 1.54) is 33.3 Å². The Labute approximate surface area is 571 Å². The van der Waals surface area contributed by atoms with E-state index in [1.54, 1.807) is 86.6 Å². The monoisotopic (exact) mass is 1360 g/mol. The van der Waals surface area contributed by atoms with E-state index in [1.807, 2.05) is 35.9 Å². The number of fused-ring (bicyclic) bond motifs is 2. The van der Waals surface area contributed by atoms with Crippen molar-refractivity contribution in [2.75, 3.05) is 61.6 Å². The Morgan fingerprint density at radius 2 is 1.58 bits per heavy atom. The molecule has 12 rings (SSSR count). The average Bonchev–Trinajstić information content (AvgIpc) is 1.63. The van der Waals surface area contributed by atoms with Crippen LogP contribution in [-0.2, 0) is 46.6 Å². The summed E-state index contributed by atoms with van der Waals surface area (Å²) in [5.41, 5.74) is 15.5. The highest BCUT2D eigenvalue weighted by atomic mass is 32.1. The molecule has 2 aliphatic heterocycles. The first kappa shape index (κ1) is 69.6. The quantitative estimate of drug-likeness (QED) is 0.0197. The molecule has 27 heteroatoms. The van der Waals surface area contributed by atoms with Gasteiger partial charge in [0.05, 0.1) is 46.5 Å². The Kier molecular flexibility index (Phi) is 20.4. The van der Waals surface area contributed by atoms with E-state index in [-0.39, 0.29) is 105 Å². The molecule has 0 spiro atoms. The number of anilines is 3. The third kappa shape index (κ3) is 15.5. The number of nitrogens with two attached hydrogens (primary N) is 2. The van der Waals surface area contributed by atoms with Crippen LogP contribution in [0.3, 0.4) is 0 Å². The van der Waals surface area contributed by atoms with Gasteiger partial charge in [0.15, 0.2) is 10.8 Å². The minimum atomic E-state index is -1.20. The molecule has 8 N–H and O–H groups in total. The zero-order valence-electron chi connectivity index (χ0n) is 56.1. The molecule has 0 saturated heterocycles. The number of amides is 10. The van der Waals surface area contributed by atoms with Crippen LogP contribution in [0.4, 0.5) is 30.9 Å². The molecule has 2 unspecified atom stereocenters. The van der Waals surface area contributed by atoms with E-state index < -0.39 is 59.4 Å². The third-order valence-electron chi connectivity index (χ3n) is 19.5. The number of ether oxygens (including phenoxy) is 3. The lowest BCUT2D eigenvalue weighted by Crippen LogP contribution is -2.64. The number of para-hydroxylation sites is 1. The van der Waals surface area contributed by atoms with Crippen LogP contribution in [0, 0.1) is 29.1 Å². The van der Waals surface area contributed by atoms with Gasteiger partial charge in [0, 0.05) is 79.9 Å². The zero-order chi connectivity index (χ0) is 69.8. The van der Waals surface area contributed by atoms with Crippen LogP contribution in [0.15, 0.2) is 97.2 Å². The maximum Gasteiger partial charge on any atom is 0.409 e. The lowest BCUT2D eigenvalue weighted by atomic mass is 9.39. The van der Waals surface area contributed by atoms with Crippen molar-refractivity contribution in [1.29, 1.82) is 0 Å². The predicted molar refractivity (Wildman–Crippen MR) is 367 cm³/mol. The normalized spacial score (nSPS) is 21.2. The number of hydrogen-bond donors (Lipinski definition) is 6. The zero-order valence-corrected chi connectivity index (χ0v) is 56.9. The number of nitrogens with zero attached hydrogens (tertiary/aromatic N) is 8. The number of thiazole rings is 1. The number of carboxylic acid groups (broad SMARTS) is 1. The number of primary amides is 2. The largest absolute Gasteiger partial charge is 0.490 e. The molecule has 3 aromatic carbocycles. The van der Waals surface area contributed by atoms with E-state index in [2.05, 4.69) is 34.8 Å². The number of pyridine rings is 1. The highest BCUT2D eigenvalue weighted by Crippen LogP contribution is 2.72. The van der Waals surface area contributed by atoms with Gasteiger partial charge in [0.1, 0.15) is 31.0 Å². The average molecular weight is 1360 g/mol. The van der Waals surface area contributed by atoms with E-state index in [0.717, 1.165) is 59.3 Å². The number of imide groups is 1. The number of unbranched alkanes of at least 4 members (excludes halogenated alkanes) is 2. The molecule has 4 aliphatic carbocycles. The molecule has 4 bridgehead atoms. The van der Waals surface area contributed by atoms with Crippen LogP contribution in [0.1, 0.15) is 126 Å². The number of carboxylic acids is 1. The van der Waals surface area contributed by atoms with E-state index in [9.17, 15) is 48.3 Å². The van der Waals surface area contributed by atoms with Gasteiger partial charge < -0.3 is 46.3 Å². The van der Waals surface area contributed by atoms with Crippen molar-refractivity contribution >= 4 is 91.7 Å². The van der Waals surface area contributed by atoms with Crippen molar-refractivity contribution in [3.63, 3.8) is 0 Å². The number of nitrogens with one attached hydrogen (secondary N) is 3. The summed E-state index contributed by atoms with van der Waals surface area (Å²) in [5, 5.41) is 24.4. The Hall–Kier alpha value is -9.76. The standard InChI is InChI=1S/C71H85N13O13S/c1-43(2)59(78-56(85)16-8-7-11-28-82-57(86)25-26-58(82)87)62(89)84(52(61(72)88)14-12-27-74-64(73)92)47-20-17-45(18-21-47)35-96-67(94)80(6)29-32-97-71-39-68(4)36-69(5,40-71)38-70(37-68,41-71)42-83-44(3)49(34-75-83)48-22-23-50(76-60(48)63(90)91)46-19-24-54-53(33-46)81(30-31-95-54)66(93)79-65-77-51-13-9-10-15-55(51)98-65/h9-10,13,15,17-26,33-34,43,52,59H,7-8,11-12,14,16,27-32,35-42H2,1-6H3,(H2,72,88)(H,78,85)(H,90,91)(H3,73,74,92)(H,77,79,93)/t52-,59-,68?,69?,70?,71?/m0/s1.